The molecular weight excluding hydrogens is 937 g/mol. The smallest absolute Gasteiger partial charge is 0.338 e. The number of esters is 1. The highest BCUT2D eigenvalue weighted by molar-refractivity contribution is 5.89. The van der Waals surface area contributed by atoms with Gasteiger partial charge in [0.1, 0.15) is 42.7 Å². The second-order valence-corrected chi connectivity index (χ2v) is 18.2. The lowest BCUT2D eigenvalue weighted by atomic mass is 9.96. The van der Waals surface area contributed by atoms with Gasteiger partial charge in [0.05, 0.1) is 58.4 Å². The third-order valence-corrected chi connectivity index (χ3v) is 12.9. The molecule has 7 aromatic carbocycles. The molecule has 7 aromatic rings. The highest BCUT2D eigenvalue weighted by Crippen LogP contribution is 2.35. The zero-order valence-electron chi connectivity index (χ0n) is 41.5. The van der Waals surface area contributed by atoms with Gasteiger partial charge in [0.15, 0.2) is 18.7 Å². The minimum atomic E-state index is -1.12. The number of ether oxygens (including phenoxy) is 11. The van der Waals surface area contributed by atoms with Crippen LogP contribution in [0.15, 0.2) is 212 Å². The summed E-state index contributed by atoms with van der Waals surface area (Å²) < 4.78 is 74.2. The van der Waals surface area contributed by atoms with E-state index in [4.69, 9.17) is 52.1 Å². The average molecular weight is 1000 g/mol. The van der Waals surface area contributed by atoms with E-state index in [1.807, 2.05) is 188 Å². The molecule has 2 aliphatic rings. The van der Waals surface area contributed by atoms with E-state index < -0.39 is 67.4 Å². The molecule has 0 saturated carbocycles. The van der Waals surface area contributed by atoms with Crippen LogP contribution in [0.4, 0.5) is 0 Å². The monoisotopic (exact) mass is 1000 g/mol. The van der Waals surface area contributed by atoms with Gasteiger partial charge >= 0.3 is 5.97 Å². The van der Waals surface area contributed by atoms with Gasteiger partial charge in [-0.1, -0.05) is 200 Å². The Morgan fingerprint density at radius 1 is 0.351 bits per heavy atom. The van der Waals surface area contributed by atoms with Crippen LogP contribution in [-0.2, 0) is 91.7 Å². The summed E-state index contributed by atoms with van der Waals surface area (Å²) in [5.74, 6) is -0.549. The van der Waals surface area contributed by atoms with E-state index in [1.165, 1.54) is 0 Å². The maximum atomic E-state index is 14.2. The molecule has 2 aliphatic heterocycles. The summed E-state index contributed by atoms with van der Waals surface area (Å²) in [7, 11) is 1.59. The van der Waals surface area contributed by atoms with Gasteiger partial charge in [0.2, 0.25) is 0 Å². The molecular formula is C62H64O12. The summed E-state index contributed by atoms with van der Waals surface area (Å²) in [4.78, 5) is 14.2. The van der Waals surface area contributed by atoms with Crippen molar-refractivity contribution in [2.75, 3.05) is 20.3 Å². The Morgan fingerprint density at radius 2 is 0.676 bits per heavy atom. The fourth-order valence-corrected chi connectivity index (χ4v) is 9.08. The number of hydrogen-bond donors (Lipinski definition) is 0. The Hall–Kier alpha value is -6.39. The third kappa shape index (κ3) is 14.9. The van der Waals surface area contributed by atoms with Crippen LogP contribution in [0, 0.1) is 0 Å². The van der Waals surface area contributed by atoms with Crippen molar-refractivity contribution in [1.82, 2.24) is 0 Å². The van der Waals surface area contributed by atoms with Crippen molar-refractivity contribution in [1.29, 1.82) is 0 Å². The molecule has 2 heterocycles. The Balaban J connectivity index is 1.06. The van der Waals surface area contributed by atoms with Crippen molar-refractivity contribution in [2.24, 2.45) is 0 Å². The molecule has 0 aliphatic carbocycles. The van der Waals surface area contributed by atoms with E-state index in [9.17, 15) is 4.79 Å². The summed E-state index contributed by atoms with van der Waals surface area (Å²) in [5, 5.41) is 0. The predicted octanol–water partition coefficient (Wildman–Crippen LogP) is 10.5. The zero-order valence-corrected chi connectivity index (χ0v) is 41.5. The number of rotatable bonds is 25. The molecule has 9 rings (SSSR count). The molecule has 0 bridgehead atoms. The third-order valence-electron chi connectivity index (χ3n) is 12.9. The van der Waals surface area contributed by atoms with Crippen LogP contribution in [0.3, 0.4) is 0 Å². The molecule has 0 aromatic heterocycles. The lowest BCUT2D eigenvalue weighted by molar-refractivity contribution is -0.348. The van der Waals surface area contributed by atoms with Gasteiger partial charge in [-0.15, -0.1) is 0 Å². The number of benzene rings is 7. The Labute approximate surface area is 433 Å². The molecule has 0 radical (unpaired) electrons. The van der Waals surface area contributed by atoms with E-state index in [1.54, 1.807) is 31.4 Å². The lowest BCUT2D eigenvalue weighted by Crippen LogP contribution is -2.64. The largest absolute Gasteiger partial charge is 0.453 e. The number of carbonyl (C=O) groups excluding carboxylic acids is 1. The average Bonchev–Trinajstić information content (AvgIpc) is 3.46. The van der Waals surface area contributed by atoms with Crippen molar-refractivity contribution >= 4 is 5.97 Å². The first-order valence-electron chi connectivity index (χ1n) is 25.2. The van der Waals surface area contributed by atoms with Crippen LogP contribution in [0.2, 0.25) is 0 Å². The standard InChI is InChI=1S/C62H64O12/c1-64-61-58(69-41-49-31-17-6-18-32-49)56(67-39-47-27-13-4-14-28-47)54(66-38-46-25-11-3-12-26-46)53(72-61)44-71-62-59(70-42-50-33-19-7-20-34-50)57(68-40-48-29-15-5-16-30-48)55(74-60(63)51-35-21-8-22-36-51)52(73-62)43-65-37-45-23-9-2-10-24-45/h2-36,52-59,61-62H,37-44H2,1H3/t52-,53-,54-,55-,56+,57+,58-,59-,61+,62+/m1/s1. The van der Waals surface area contributed by atoms with Crippen molar-refractivity contribution in [3.05, 3.63) is 251 Å². The fraction of sp³-hybridized carbons (Fsp3) is 0.306. The minimum absolute atomic E-state index is 0.0163. The predicted molar refractivity (Wildman–Crippen MR) is 277 cm³/mol. The van der Waals surface area contributed by atoms with E-state index >= 15 is 0 Å². The topological polar surface area (TPSA) is 119 Å². The van der Waals surface area contributed by atoms with Crippen LogP contribution in [-0.4, -0.2) is 87.7 Å². The van der Waals surface area contributed by atoms with Crippen LogP contribution >= 0.6 is 0 Å². The van der Waals surface area contributed by atoms with Crippen molar-refractivity contribution in [2.45, 2.75) is 101 Å². The molecule has 0 spiro atoms. The normalized spacial score (nSPS) is 23.7. The first-order chi connectivity index (χ1) is 36.6. The minimum Gasteiger partial charge on any atom is -0.453 e. The van der Waals surface area contributed by atoms with Gasteiger partial charge in [-0.2, -0.15) is 0 Å². The highest BCUT2D eigenvalue weighted by Gasteiger charge is 2.53. The van der Waals surface area contributed by atoms with E-state index in [-0.39, 0.29) is 52.9 Å². The molecule has 12 nitrogen and oxygen atoms in total. The number of methoxy groups -OCH3 is 1. The van der Waals surface area contributed by atoms with Crippen LogP contribution in [0.1, 0.15) is 43.7 Å². The summed E-state index contributed by atoms with van der Waals surface area (Å²) in [5.41, 5.74) is 6.07. The molecule has 10 atom stereocenters. The van der Waals surface area contributed by atoms with Gasteiger partial charge in [-0.25, -0.2) is 4.79 Å². The molecule has 0 N–H and O–H groups in total. The second-order valence-electron chi connectivity index (χ2n) is 18.2. The van der Waals surface area contributed by atoms with Gasteiger partial charge in [0, 0.05) is 7.11 Å². The summed E-state index contributed by atoms with van der Waals surface area (Å²) in [6.45, 7) is 1.33. The van der Waals surface area contributed by atoms with Crippen molar-refractivity contribution in [3.63, 3.8) is 0 Å². The molecule has 12 heteroatoms. The summed E-state index contributed by atoms with van der Waals surface area (Å²) in [6, 6.07) is 68.2. The lowest BCUT2D eigenvalue weighted by Gasteiger charge is -2.47. The Morgan fingerprint density at radius 3 is 1.09 bits per heavy atom. The van der Waals surface area contributed by atoms with E-state index in [0.29, 0.717) is 5.56 Å². The summed E-state index contributed by atoms with van der Waals surface area (Å²) >= 11 is 0. The SMILES string of the molecule is CO[C@H]1O[C@H](CO[C@H]2O[C@H](COCc3ccccc3)[C@@H](OC(=O)c3ccccc3)[C@H](OCc3ccccc3)[C@H]2OCc2ccccc2)[C@@H](OCc2ccccc2)[C@H](OCc2ccccc2)[C@H]1OCc1ccccc1. The number of hydrogen-bond acceptors (Lipinski definition) is 12. The van der Waals surface area contributed by atoms with Crippen LogP contribution in [0.25, 0.3) is 0 Å². The second kappa shape index (κ2) is 27.8. The van der Waals surface area contributed by atoms with Crippen molar-refractivity contribution in [3.8, 4) is 0 Å². The molecule has 2 saturated heterocycles. The van der Waals surface area contributed by atoms with Gasteiger partial charge in [0.25, 0.3) is 0 Å². The first kappa shape index (κ1) is 52.5. The number of carbonyl (C=O) groups is 1. The van der Waals surface area contributed by atoms with Crippen LogP contribution in [0.5, 0.6) is 0 Å². The van der Waals surface area contributed by atoms with Gasteiger partial charge < -0.3 is 52.1 Å². The molecule has 74 heavy (non-hydrogen) atoms. The quantitative estimate of drug-likeness (QED) is 0.0507. The molecule has 384 valence electrons. The Bertz CT molecular complexity index is 2650. The van der Waals surface area contributed by atoms with Gasteiger partial charge in [-0.3, -0.25) is 0 Å². The first-order valence-corrected chi connectivity index (χ1v) is 25.2. The van der Waals surface area contributed by atoms with Crippen molar-refractivity contribution < 1.29 is 56.9 Å². The Kier molecular flexibility index (Phi) is 19.7. The zero-order chi connectivity index (χ0) is 50.6. The van der Waals surface area contributed by atoms with Crippen LogP contribution < -0.4 is 0 Å². The maximum absolute atomic E-state index is 14.2. The molecule has 2 fully saturated rings. The van der Waals surface area contributed by atoms with E-state index in [2.05, 4.69) is 0 Å². The fourth-order valence-electron chi connectivity index (χ4n) is 9.08. The maximum Gasteiger partial charge on any atom is 0.338 e. The van der Waals surface area contributed by atoms with Gasteiger partial charge in [-0.05, 0) is 45.5 Å². The molecule has 0 unspecified atom stereocenters. The van der Waals surface area contributed by atoms with E-state index in [0.717, 1.165) is 33.4 Å². The molecule has 0 amide bonds. The highest BCUT2D eigenvalue weighted by atomic mass is 16.8. The summed E-state index contributed by atoms with van der Waals surface area (Å²) in [6.07, 6.45) is -8.82.